The maximum Gasteiger partial charge on any atom is 0.191 e. The molecule has 160 valence electrons. The fourth-order valence-electron chi connectivity index (χ4n) is 3.25. The quantitative estimate of drug-likeness (QED) is 0.339. The van der Waals surface area contributed by atoms with Crippen molar-refractivity contribution in [1.29, 1.82) is 0 Å². The van der Waals surface area contributed by atoms with Gasteiger partial charge in [0.25, 0.3) is 0 Å². The minimum atomic E-state index is -0.00134. The molecule has 0 aliphatic carbocycles. The van der Waals surface area contributed by atoms with E-state index in [1.54, 1.807) is 0 Å². The van der Waals surface area contributed by atoms with E-state index in [0.29, 0.717) is 12.6 Å². The molecule has 0 fully saturated rings. The minimum absolute atomic E-state index is 0. The Morgan fingerprint density at radius 1 is 1.31 bits per heavy atom. The highest BCUT2D eigenvalue weighted by Gasteiger charge is 2.22. The van der Waals surface area contributed by atoms with Crippen LogP contribution >= 0.6 is 24.0 Å². The molecule has 8 heteroatoms. The number of nitrogens with zero attached hydrogens (tertiary/aromatic N) is 4. The number of halogens is 1. The van der Waals surface area contributed by atoms with Gasteiger partial charge in [0, 0.05) is 25.4 Å². The van der Waals surface area contributed by atoms with E-state index in [1.807, 2.05) is 23.7 Å². The molecule has 7 nitrogen and oxygen atoms in total. The van der Waals surface area contributed by atoms with Crippen LogP contribution in [0.3, 0.4) is 0 Å². The first-order valence-corrected chi connectivity index (χ1v) is 10.3. The van der Waals surface area contributed by atoms with Crippen LogP contribution in [-0.4, -0.2) is 46.0 Å². The van der Waals surface area contributed by atoms with Gasteiger partial charge in [-0.15, -0.1) is 24.0 Å². The molecule has 2 unspecified atom stereocenters. The Morgan fingerprint density at radius 2 is 2.07 bits per heavy atom. The van der Waals surface area contributed by atoms with Crippen molar-refractivity contribution < 1.29 is 4.74 Å². The van der Waals surface area contributed by atoms with Crippen molar-refractivity contribution >= 4 is 29.9 Å². The zero-order chi connectivity index (χ0) is 19.9. The lowest BCUT2D eigenvalue weighted by Crippen LogP contribution is -2.47. The van der Waals surface area contributed by atoms with Crippen molar-refractivity contribution in [3.63, 3.8) is 0 Å². The molecule has 1 aliphatic heterocycles. The Kier molecular flexibility index (Phi) is 9.19. The van der Waals surface area contributed by atoms with Crippen molar-refractivity contribution in [1.82, 2.24) is 25.4 Å². The number of aryl methyl sites for hydroxylation is 3. The fraction of sp³-hybridized carbons (Fsp3) is 0.571. The number of ether oxygens (including phenoxy) is 1. The van der Waals surface area contributed by atoms with Crippen molar-refractivity contribution in [2.75, 3.05) is 13.1 Å². The topological polar surface area (TPSA) is 76.4 Å². The molecule has 0 saturated heterocycles. The summed E-state index contributed by atoms with van der Waals surface area (Å²) in [4.78, 5) is 9.31. The molecule has 0 spiro atoms. The van der Waals surface area contributed by atoms with Crippen LogP contribution in [0.1, 0.15) is 44.4 Å². The molecule has 1 aromatic carbocycles. The Morgan fingerprint density at radius 3 is 2.76 bits per heavy atom. The molecule has 0 amide bonds. The summed E-state index contributed by atoms with van der Waals surface area (Å²) in [6.45, 7) is 10.5. The number of hydrogen-bond donors (Lipinski definition) is 2. The van der Waals surface area contributed by atoms with Gasteiger partial charge in [0.15, 0.2) is 11.8 Å². The third kappa shape index (κ3) is 6.87. The highest BCUT2D eigenvalue weighted by molar-refractivity contribution is 14.0. The summed E-state index contributed by atoms with van der Waals surface area (Å²) in [5.41, 5.74) is 1.23. The number of hydrogen-bond acceptors (Lipinski definition) is 4. The predicted octanol–water partition coefficient (Wildman–Crippen LogP) is 3.10. The Labute approximate surface area is 190 Å². The lowest BCUT2D eigenvalue weighted by atomic mass is 10.1. The normalized spacial score (nSPS) is 17.1. The van der Waals surface area contributed by atoms with E-state index in [9.17, 15) is 0 Å². The van der Waals surface area contributed by atoms with E-state index in [1.165, 1.54) is 5.56 Å². The van der Waals surface area contributed by atoms with Gasteiger partial charge in [-0.3, -0.25) is 0 Å². The lowest BCUT2D eigenvalue weighted by Gasteiger charge is -2.25. The Hall–Kier alpha value is -1.84. The minimum Gasteiger partial charge on any atom is -0.489 e. The zero-order valence-corrected chi connectivity index (χ0v) is 20.1. The van der Waals surface area contributed by atoms with Gasteiger partial charge in [-0.05, 0) is 39.3 Å². The SMILES string of the molecule is CCNC(=NCC(C)Oc1ccc(C)cc1)NC1CCc2nc(CC)nn2C1.I. The van der Waals surface area contributed by atoms with Gasteiger partial charge in [-0.25, -0.2) is 14.7 Å². The summed E-state index contributed by atoms with van der Waals surface area (Å²) in [6.07, 6.45) is 2.85. The molecule has 2 aromatic rings. The maximum atomic E-state index is 5.96. The van der Waals surface area contributed by atoms with Crippen LogP contribution in [0.15, 0.2) is 29.3 Å². The number of benzene rings is 1. The van der Waals surface area contributed by atoms with E-state index in [4.69, 9.17) is 9.73 Å². The van der Waals surface area contributed by atoms with Gasteiger partial charge < -0.3 is 15.4 Å². The molecule has 0 bridgehead atoms. The van der Waals surface area contributed by atoms with Crippen LogP contribution in [0, 0.1) is 6.92 Å². The van der Waals surface area contributed by atoms with E-state index in [2.05, 4.69) is 53.6 Å². The summed E-state index contributed by atoms with van der Waals surface area (Å²) in [7, 11) is 0. The van der Waals surface area contributed by atoms with Gasteiger partial charge in [0.1, 0.15) is 17.7 Å². The zero-order valence-electron chi connectivity index (χ0n) is 17.8. The van der Waals surface area contributed by atoms with E-state index in [-0.39, 0.29) is 30.1 Å². The smallest absolute Gasteiger partial charge is 0.191 e. The van der Waals surface area contributed by atoms with Crippen LogP contribution in [0.5, 0.6) is 5.75 Å². The molecule has 2 N–H and O–H groups in total. The van der Waals surface area contributed by atoms with Crippen LogP contribution in [0.25, 0.3) is 0 Å². The van der Waals surface area contributed by atoms with Crippen LogP contribution in [0.2, 0.25) is 0 Å². The second-order valence-electron chi connectivity index (χ2n) is 7.32. The number of guanidine groups is 1. The number of nitrogens with one attached hydrogen (secondary N) is 2. The number of aromatic nitrogens is 3. The van der Waals surface area contributed by atoms with Crippen LogP contribution < -0.4 is 15.4 Å². The first kappa shape index (κ1) is 23.4. The lowest BCUT2D eigenvalue weighted by molar-refractivity contribution is 0.230. The van der Waals surface area contributed by atoms with Crippen LogP contribution in [0.4, 0.5) is 0 Å². The second-order valence-corrected chi connectivity index (χ2v) is 7.32. The standard InChI is InChI=1S/C21H32N6O.HI/c1-5-19-25-20-12-9-17(14-27(20)26-19)24-21(22-6-2)23-13-16(4)28-18-10-7-15(3)8-11-18;/h7-8,10-11,16-17H,5-6,9,12-14H2,1-4H3,(H2,22,23,24);1H. The van der Waals surface area contributed by atoms with Gasteiger partial charge in [-0.2, -0.15) is 5.10 Å². The third-order valence-electron chi connectivity index (χ3n) is 4.77. The first-order chi connectivity index (χ1) is 13.6. The van der Waals surface area contributed by atoms with E-state index < -0.39 is 0 Å². The van der Waals surface area contributed by atoms with Crippen molar-refractivity contribution in [2.24, 2.45) is 4.99 Å². The molecule has 3 rings (SSSR count). The average Bonchev–Trinajstić information content (AvgIpc) is 3.10. The number of rotatable bonds is 7. The molecule has 2 heterocycles. The van der Waals surface area contributed by atoms with Gasteiger partial charge in [-0.1, -0.05) is 24.6 Å². The van der Waals surface area contributed by atoms with Crippen molar-refractivity contribution in [3.05, 3.63) is 41.5 Å². The molecule has 29 heavy (non-hydrogen) atoms. The van der Waals surface area contributed by atoms with Crippen molar-refractivity contribution in [3.8, 4) is 5.75 Å². The van der Waals surface area contributed by atoms with E-state index >= 15 is 0 Å². The predicted molar refractivity (Wildman–Crippen MR) is 127 cm³/mol. The summed E-state index contributed by atoms with van der Waals surface area (Å²) < 4.78 is 8.00. The van der Waals surface area contributed by atoms with E-state index in [0.717, 1.165) is 55.7 Å². The second kappa shape index (κ2) is 11.4. The molecule has 1 aromatic heterocycles. The Balaban J connectivity index is 0.00000300. The highest BCUT2D eigenvalue weighted by atomic mass is 127. The summed E-state index contributed by atoms with van der Waals surface area (Å²) in [5.74, 6) is 3.73. The van der Waals surface area contributed by atoms with Gasteiger partial charge >= 0.3 is 0 Å². The first-order valence-electron chi connectivity index (χ1n) is 10.3. The van der Waals surface area contributed by atoms with Crippen LogP contribution in [-0.2, 0) is 19.4 Å². The highest BCUT2D eigenvalue weighted by Crippen LogP contribution is 2.14. The molecule has 0 radical (unpaired) electrons. The molecule has 1 aliphatic rings. The average molecular weight is 512 g/mol. The third-order valence-corrected chi connectivity index (χ3v) is 4.77. The largest absolute Gasteiger partial charge is 0.489 e. The summed E-state index contributed by atoms with van der Waals surface area (Å²) >= 11 is 0. The number of aliphatic imine (C=N–C) groups is 1. The fourth-order valence-corrected chi connectivity index (χ4v) is 3.25. The van der Waals surface area contributed by atoms with Crippen molar-refractivity contribution in [2.45, 2.75) is 65.6 Å². The summed E-state index contributed by atoms with van der Waals surface area (Å²) in [5, 5.41) is 11.5. The number of fused-ring (bicyclic) bond motifs is 1. The monoisotopic (exact) mass is 512 g/mol. The molecule has 2 atom stereocenters. The summed E-state index contributed by atoms with van der Waals surface area (Å²) in [6, 6.07) is 8.41. The maximum absolute atomic E-state index is 5.96. The molecular weight excluding hydrogens is 479 g/mol. The van der Waals surface area contributed by atoms with Gasteiger partial charge in [0.05, 0.1) is 13.1 Å². The van der Waals surface area contributed by atoms with Gasteiger partial charge in [0.2, 0.25) is 0 Å². The molecular formula is C21H33IN6O. The molecule has 0 saturated carbocycles. The Bertz CT molecular complexity index is 789.